The van der Waals surface area contributed by atoms with Crippen molar-refractivity contribution in [3.63, 3.8) is 0 Å². The Hall–Kier alpha value is -1.69. The second kappa shape index (κ2) is 7.68. The highest BCUT2D eigenvalue weighted by atomic mass is 32.2. The fourth-order valence-electron chi connectivity index (χ4n) is 1.68. The highest BCUT2D eigenvalue weighted by Crippen LogP contribution is 2.11. The lowest BCUT2D eigenvalue weighted by atomic mass is 10.2. The number of anilines is 1. The van der Waals surface area contributed by atoms with Crippen molar-refractivity contribution in [3.05, 3.63) is 29.8 Å². The minimum Gasteiger partial charge on any atom is -0.399 e. The molecule has 0 aliphatic heterocycles. The van der Waals surface area contributed by atoms with Crippen LogP contribution in [0.25, 0.3) is 0 Å². The molecule has 1 rings (SSSR count). The molecule has 0 bridgehead atoms. The predicted molar refractivity (Wildman–Crippen MR) is 78.5 cm³/mol. The standard InChI is InChI=1S/C13H19N3O2S/c1-19-6-5-13(18)16(9-12(15)17)8-10-3-2-4-11(14)7-10/h2-4,7H,5-6,8-9,14H2,1H3,(H2,15,17). The van der Waals surface area contributed by atoms with Gasteiger partial charge in [0.2, 0.25) is 11.8 Å². The summed E-state index contributed by atoms with van der Waals surface area (Å²) in [7, 11) is 0. The molecule has 4 N–H and O–H groups in total. The third-order valence-electron chi connectivity index (χ3n) is 2.54. The van der Waals surface area contributed by atoms with Crippen LogP contribution in [0.5, 0.6) is 0 Å². The normalized spacial score (nSPS) is 10.2. The molecule has 0 atom stereocenters. The lowest BCUT2D eigenvalue weighted by Gasteiger charge is -2.21. The number of hydrogen-bond acceptors (Lipinski definition) is 4. The van der Waals surface area contributed by atoms with E-state index in [1.54, 1.807) is 23.9 Å². The molecule has 0 saturated carbocycles. The maximum absolute atomic E-state index is 12.0. The Kier molecular flexibility index (Phi) is 6.21. The van der Waals surface area contributed by atoms with Gasteiger partial charge in [0.25, 0.3) is 0 Å². The van der Waals surface area contributed by atoms with E-state index < -0.39 is 5.91 Å². The molecule has 5 nitrogen and oxygen atoms in total. The van der Waals surface area contributed by atoms with Gasteiger partial charge in [0.1, 0.15) is 0 Å². The molecule has 0 saturated heterocycles. The third kappa shape index (κ3) is 5.65. The summed E-state index contributed by atoms with van der Waals surface area (Å²) in [5.74, 6) is 0.141. The molecule has 0 aliphatic carbocycles. The zero-order chi connectivity index (χ0) is 14.3. The second-order valence-electron chi connectivity index (χ2n) is 4.20. The summed E-state index contributed by atoms with van der Waals surface area (Å²) in [4.78, 5) is 24.5. The molecule has 2 amide bonds. The zero-order valence-electron chi connectivity index (χ0n) is 11.0. The van der Waals surface area contributed by atoms with Crippen LogP contribution < -0.4 is 11.5 Å². The Morgan fingerprint density at radius 1 is 1.37 bits per heavy atom. The van der Waals surface area contributed by atoms with Crippen LogP contribution in [-0.4, -0.2) is 35.3 Å². The molecule has 0 aromatic heterocycles. The zero-order valence-corrected chi connectivity index (χ0v) is 11.8. The largest absolute Gasteiger partial charge is 0.399 e. The van der Waals surface area contributed by atoms with E-state index in [2.05, 4.69) is 0 Å². The molecular formula is C13H19N3O2S. The fourth-order valence-corrected chi connectivity index (χ4v) is 2.06. The minimum atomic E-state index is -0.513. The summed E-state index contributed by atoms with van der Waals surface area (Å²) in [6.45, 7) is 0.281. The van der Waals surface area contributed by atoms with Crippen LogP contribution in [0.4, 0.5) is 5.69 Å². The Bertz CT molecular complexity index is 451. The highest BCUT2D eigenvalue weighted by molar-refractivity contribution is 7.98. The van der Waals surface area contributed by atoms with Crippen LogP contribution in [0.1, 0.15) is 12.0 Å². The van der Waals surface area contributed by atoms with Crippen molar-refractivity contribution in [2.75, 3.05) is 24.3 Å². The number of thioether (sulfide) groups is 1. The van der Waals surface area contributed by atoms with Crippen LogP contribution in [0, 0.1) is 0 Å². The van der Waals surface area contributed by atoms with E-state index in [1.807, 2.05) is 18.4 Å². The molecule has 0 heterocycles. The van der Waals surface area contributed by atoms with Gasteiger partial charge in [-0.15, -0.1) is 0 Å². The number of hydrogen-bond donors (Lipinski definition) is 2. The number of nitrogens with two attached hydrogens (primary N) is 2. The average Bonchev–Trinajstić information content (AvgIpc) is 2.34. The van der Waals surface area contributed by atoms with Gasteiger partial charge in [0.05, 0.1) is 6.54 Å². The van der Waals surface area contributed by atoms with Gasteiger partial charge in [-0.2, -0.15) is 11.8 Å². The van der Waals surface area contributed by atoms with Gasteiger partial charge < -0.3 is 16.4 Å². The maximum Gasteiger partial charge on any atom is 0.237 e. The first-order chi connectivity index (χ1) is 9.02. The molecule has 6 heteroatoms. The van der Waals surface area contributed by atoms with Gasteiger partial charge in [-0.05, 0) is 24.0 Å². The minimum absolute atomic E-state index is 0.0674. The van der Waals surface area contributed by atoms with Gasteiger partial charge in [-0.1, -0.05) is 12.1 Å². The summed E-state index contributed by atoms with van der Waals surface area (Å²) < 4.78 is 0. The molecule has 0 aliphatic rings. The summed E-state index contributed by atoms with van der Waals surface area (Å²) in [5, 5.41) is 0. The number of amides is 2. The fraction of sp³-hybridized carbons (Fsp3) is 0.385. The first-order valence-electron chi connectivity index (χ1n) is 5.92. The smallest absolute Gasteiger partial charge is 0.237 e. The first kappa shape index (κ1) is 15.4. The lowest BCUT2D eigenvalue weighted by Crippen LogP contribution is -2.38. The summed E-state index contributed by atoms with van der Waals surface area (Å²) in [6, 6.07) is 7.25. The van der Waals surface area contributed by atoms with Crippen molar-refractivity contribution in [1.29, 1.82) is 0 Å². The maximum atomic E-state index is 12.0. The van der Waals surface area contributed by atoms with E-state index in [9.17, 15) is 9.59 Å². The number of carbonyl (C=O) groups is 2. The molecule has 0 fully saturated rings. The number of benzene rings is 1. The Balaban J connectivity index is 2.73. The van der Waals surface area contributed by atoms with Crippen LogP contribution in [-0.2, 0) is 16.1 Å². The quantitative estimate of drug-likeness (QED) is 0.725. The van der Waals surface area contributed by atoms with E-state index in [1.165, 1.54) is 4.90 Å². The van der Waals surface area contributed by atoms with E-state index in [4.69, 9.17) is 11.5 Å². The van der Waals surface area contributed by atoms with E-state index in [0.29, 0.717) is 18.7 Å². The number of rotatable bonds is 7. The Labute approximate surface area is 117 Å². The Morgan fingerprint density at radius 2 is 2.11 bits per heavy atom. The number of carbonyl (C=O) groups excluding carboxylic acids is 2. The molecular weight excluding hydrogens is 262 g/mol. The molecule has 104 valence electrons. The lowest BCUT2D eigenvalue weighted by molar-refractivity contribution is -0.135. The van der Waals surface area contributed by atoms with Crippen LogP contribution in [0.3, 0.4) is 0 Å². The van der Waals surface area contributed by atoms with Crippen molar-refractivity contribution < 1.29 is 9.59 Å². The van der Waals surface area contributed by atoms with Gasteiger partial charge in [-0.3, -0.25) is 9.59 Å². The molecule has 0 radical (unpaired) electrons. The van der Waals surface area contributed by atoms with Crippen LogP contribution >= 0.6 is 11.8 Å². The summed E-state index contributed by atoms with van der Waals surface area (Å²) in [6.07, 6.45) is 2.33. The number of nitrogen functional groups attached to an aromatic ring is 1. The van der Waals surface area contributed by atoms with Gasteiger partial charge in [0.15, 0.2) is 0 Å². The van der Waals surface area contributed by atoms with E-state index >= 15 is 0 Å². The molecule has 0 spiro atoms. The molecule has 1 aromatic rings. The van der Waals surface area contributed by atoms with E-state index in [0.717, 1.165) is 11.3 Å². The van der Waals surface area contributed by atoms with Crippen LogP contribution in [0.15, 0.2) is 24.3 Å². The van der Waals surface area contributed by atoms with Crippen molar-refractivity contribution >= 4 is 29.3 Å². The van der Waals surface area contributed by atoms with Crippen molar-refractivity contribution in [1.82, 2.24) is 4.90 Å². The van der Waals surface area contributed by atoms with Crippen molar-refractivity contribution in [2.24, 2.45) is 5.73 Å². The average molecular weight is 281 g/mol. The monoisotopic (exact) mass is 281 g/mol. The number of nitrogens with zero attached hydrogens (tertiary/aromatic N) is 1. The Morgan fingerprint density at radius 3 is 2.68 bits per heavy atom. The van der Waals surface area contributed by atoms with Crippen LogP contribution in [0.2, 0.25) is 0 Å². The van der Waals surface area contributed by atoms with E-state index in [-0.39, 0.29) is 12.5 Å². The first-order valence-corrected chi connectivity index (χ1v) is 7.31. The molecule has 1 aromatic carbocycles. The van der Waals surface area contributed by atoms with Gasteiger partial charge >= 0.3 is 0 Å². The predicted octanol–water partition coefficient (Wildman–Crippen LogP) is 0.836. The number of primary amides is 1. The third-order valence-corrected chi connectivity index (χ3v) is 3.16. The van der Waals surface area contributed by atoms with Crippen molar-refractivity contribution in [2.45, 2.75) is 13.0 Å². The highest BCUT2D eigenvalue weighted by Gasteiger charge is 2.15. The molecule has 0 unspecified atom stereocenters. The SMILES string of the molecule is CSCCC(=O)N(CC(N)=O)Cc1cccc(N)c1. The van der Waals surface area contributed by atoms with Gasteiger partial charge in [-0.25, -0.2) is 0 Å². The second-order valence-corrected chi connectivity index (χ2v) is 5.19. The summed E-state index contributed by atoms with van der Waals surface area (Å²) in [5.41, 5.74) is 12.4. The summed E-state index contributed by atoms with van der Waals surface area (Å²) >= 11 is 1.59. The van der Waals surface area contributed by atoms with Gasteiger partial charge in [0, 0.05) is 24.4 Å². The molecule has 19 heavy (non-hydrogen) atoms. The topological polar surface area (TPSA) is 89.4 Å². The van der Waals surface area contributed by atoms with Crippen molar-refractivity contribution in [3.8, 4) is 0 Å².